The highest BCUT2D eigenvalue weighted by molar-refractivity contribution is 9.10. The number of nitrogens with zero attached hydrogens (tertiary/aromatic N) is 3. The molecule has 2 rings (SSSR count). The number of aromatic nitrogens is 3. The van der Waals surface area contributed by atoms with Gasteiger partial charge in [0.1, 0.15) is 18.7 Å². The molecule has 2 N–H and O–H groups in total. The van der Waals surface area contributed by atoms with Gasteiger partial charge in [-0.1, -0.05) is 22.9 Å². The molecule has 1 aromatic heterocycles. The summed E-state index contributed by atoms with van der Waals surface area (Å²) in [6, 6.07) is 6.07. The van der Waals surface area contributed by atoms with Crippen molar-refractivity contribution in [2.75, 3.05) is 0 Å². The number of hydrogen-bond donors (Lipinski definition) is 1. The maximum absolute atomic E-state index is 5.86. The lowest BCUT2D eigenvalue weighted by atomic mass is 10.1. The Morgan fingerprint density at radius 1 is 1.43 bits per heavy atom. The molecule has 2 aromatic rings. The fourth-order valence-electron chi connectivity index (χ4n) is 2.09. The third-order valence-corrected chi connectivity index (χ3v) is 3.83. The number of benzene rings is 1. The van der Waals surface area contributed by atoms with Gasteiger partial charge in [0.2, 0.25) is 0 Å². The van der Waals surface area contributed by atoms with E-state index >= 15 is 0 Å². The van der Waals surface area contributed by atoms with E-state index in [0.29, 0.717) is 6.61 Å². The van der Waals surface area contributed by atoms with Gasteiger partial charge in [0.25, 0.3) is 0 Å². The van der Waals surface area contributed by atoms with Crippen LogP contribution in [0.4, 0.5) is 0 Å². The zero-order valence-electron chi connectivity index (χ0n) is 12.4. The first-order valence-electron chi connectivity index (χ1n) is 7.13. The molecule has 6 heteroatoms. The van der Waals surface area contributed by atoms with Crippen LogP contribution in [0.25, 0.3) is 0 Å². The molecule has 0 amide bonds. The van der Waals surface area contributed by atoms with E-state index in [1.807, 2.05) is 29.8 Å². The third-order valence-electron chi connectivity index (χ3n) is 3.06. The first-order chi connectivity index (χ1) is 10.1. The molecule has 0 radical (unpaired) electrons. The zero-order valence-corrected chi connectivity index (χ0v) is 14.0. The molecule has 1 unspecified atom stereocenters. The number of ether oxygens (including phenoxy) is 1. The molecule has 0 bridgehead atoms. The van der Waals surface area contributed by atoms with Crippen molar-refractivity contribution in [1.82, 2.24) is 14.8 Å². The Labute approximate surface area is 133 Å². The predicted molar refractivity (Wildman–Crippen MR) is 86.1 cm³/mol. The summed E-state index contributed by atoms with van der Waals surface area (Å²) in [5, 5.41) is 4.19. The van der Waals surface area contributed by atoms with Gasteiger partial charge in [-0.25, -0.2) is 9.67 Å². The number of aryl methyl sites for hydroxylation is 1. The number of halogens is 1. The molecule has 1 heterocycles. The fraction of sp³-hybridized carbons (Fsp3) is 0.467. The second-order valence-electron chi connectivity index (χ2n) is 5.12. The smallest absolute Gasteiger partial charge is 0.164 e. The van der Waals surface area contributed by atoms with Crippen LogP contribution in [0, 0.1) is 0 Å². The molecule has 5 nitrogen and oxygen atoms in total. The minimum atomic E-state index is 0.115. The van der Waals surface area contributed by atoms with E-state index < -0.39 is 0 Å². The molecular formula is C15H21BrN4O. The van der Waals surface area contributed by atoms with E-state index in [0.717, 1.165) is 41.0 Å². The van der Waals surface area contributed by atoms with Crippen molar-refractivity contribution in [3.63, 3.8) is 0 Å². The van der Waals surface area contributed by atoms with Crippen molar-refractivity contribution in [1.29, 1.82) is 0 Å². The van der Waals surface area contributed by atoms with Crippen LogP contribution >= 0.6 is 15.9 Å². The van der Waals surface area contributed by atoms with Crippen LogP contribution in [-0.2, 0) is 19.6 Å². The van der Waals surface area contributed by atoms with E-state index in [-0.39, 0.29) is 6.04 Å². The highest BCUT2D eigenvalue weighted by atomic mass is 79.9. The summed E-state index contributed by atoms with van der Waals surface area (Å²) in [6.45, 7) is 5.38. The van der Waals surface area contributed by atoms with Gasteiger partial charge in [-0.3, -0.25) is 0 Å². The first-order valence-corrected chi connectivity index (χ1v) is 7.93. The molecule has 21 heavy (non-hydrogen) atoms. The van der Waals surface area contributed by atoms with Crippen molar-refractivity contribution in [2.24, 2.45) is 5.73 Å². The molecule has 114 valence electrons. The van der Waals surface area contributed by atoms with Gasteiger partial charge in [-0.2, -0.15) is 5.10 Å². The molecule has 0 aliphatic heterocycles. The van der Waals surface area contributed by atoms with Gasteiger partial charge in [-0.15, -0.1) is 0 Å². The van der Waals surface area contributed by atoms with Crippen LogP contribution in [-0.4, -0.2) is 20.8 Å². The summed E-state index contributed by atoms with van der Waals surface area (Å²) in [5.41, 5.74) is 7.01. The van der Waals surface area contributed by atoms with Crippen molar-refractivity contribution >= 4 is 15.9 Å². The highest BCUT2D eigenvalue weighted by Crippen LogP contribution is 2.24. The van der Waals surface area contributed by atoms with Crippen molar-refractivity contribution in [3.05, 3.63) is 40.4 Å². The summed E-state index contributed by atoms with van der Waals surface area (Å²) in [5.74, 6) is 1.66. The van der Waals surface area contributed by atoms with E-state index in [4.69, 9.17) is 10.5 Å². The van der Waals surface area contributed by atoms with Gasteiger partial charge in [0.05, 0.1) is 0 Å². The van der Waals surface area contributed by atoms with Crippen molar-refractivity contribution in [2.45, 2.75) is 45.9 Å². The number of nitrogens with two attached hydrogens (primary N) is 1. The molecule has 1 atom stereocenters. The number of rotatable bonds is 7. The van der Waals surface area contributed by atoms with Gasteiger partial charge in [0, 0.05) is 17.1 Å². The molecule has 0 spiro atoms. The Morgan fingerprint density at radius 2 is 2.24 bits per heavy atom. The maximum atomic E-state index is 5.86. The van der Waals surface area contributed by atoms with Gasteiger partial charge < -0.3 is 10.5 Å². The average Bonchev–Trinajstić information content (AvgIpc) is 2.87. The summed E-state index contributed by atoms with van der Waals surface area (Å²) in [4.78, 5) is 4.24. The van der Waals surface area contributed by atoms with Crippen molar-refractivity contribution < 1.29 is 4.74 Å². The second kappa shape index (κ2) is 7.56. The topological polar surface area (TPSA) is 66.0 Å². The minimum absolute atomic E-state index is 0.115. The quantitative estimate of drug-likeness (QED) is 0.831. The maximum Gasteiger partial charge on any atom is 0.164 e. The van der Waals surface area contributed by atoms with Crippen LogP contribution in [0.2, 0.25) is 0 Å². The normalized spacial score (nSPS) is 12.4. The van der Waals surface area contributed by atoms with Gasteiger partial charge in [-0.05, 0) is 43.5 Å². The number of hydrogen-bond acceptors (Lipinski definition) is 4. The van der Waals surface area contributed by atoms with E-state index in [1.54, 1.807) is 6.33 Å². The zero-order chi connectivity index (χ0) is 15.2. The Balaban J connectivity index is 2.04. The van der Waals surface area contributed by atoms with Crippen molar-refractivity contribution in [3.8, 4) is 5.75 Å². The lowest BCUT2D eigenvalue weighted by Crippen LogP contribution is -2.18. The van der Waals surface area contributed by atoms with Crippen LogP contribution in [0.1, 0.15) is 31.7 Å². The van der Waals surface area contributed by atoms with E-state index in [2.05, 4.69) is 32.9 Å². The standard InChI is InChI=1S/C15H21BrN4O/c1-3-6-20-15(18-10-19-20)9-21-13-4-5-14(16)12(8-13)7-11(2)17/h4-5,8,10-11H,3,6-7,9,17H2,1-2H3. The molecule has 0 fully saturated rings. The Bertz CT molecular complexity index is 583. The Kier molecular flexibility index (Phi) is 5.76. The predicted octanol–water partition coefficient (Wildman–Crippen LogP) is 2.92. The summed E-state index contributed by atoms with van der Waals surface area (Å²) < 4.78 is 8.76. The summed E-state index contributed by atoms with van der Waals surface area (Å²) >= 11 is 3.54. The van der Waals surface area contributed by atoms with Crippen LogP contribution in [0.15, 0.2) is 29.0 Å². The monoisotopic (exact) mass is 352 g/mol. The van der Waals surface area contributed by atoms with Gasteiger partial charge in [0.15, 0.2) is 5.82 Å². The minimum Gasteiger partial charge on any atom is -0.486 e. The lowest BCUT2D eigenvalue weighted by molar-refractivity contribution is 0.286. The molecule has 0 aliphatic rings. The Morgan fingerprint density at radius 3 is 2.95 bits per heavy atom. The average molecular weight is 353 g/mol. The molecule has 1 aromatic carbocycles. The molecule has 0 aliphatic carbocycles. The molecule has 0 saturated carbocycles. The van der Waals surface area contributed by atoms with Crippen LogP contribution < -0.4 is 10.5 Å². The molecular weight excluding hydrogens is 332 g/mol. The summed E-state index contributed by atoms with van der Waals surface area (Å²) in [6.07, 6.45) is 3.40. The first kappa shape index (κ1) is 16.0. The Hall–Kier alpha value is -1.40. The van der Waals surface area contributed by atoms with E-state index in [1.165, 1.54) is 0 Å². The van der Waals surface area contributed by atoms with Crippen LogP contribution in [0.5, 0.6) is 5.75 Å². The van der Waals surface area contributed by atoms with Crippen LogP contribution in [0.3, 0.4) is 0 Å². The SMILES string of the molecule is CCCn1ncnc1COc1ccc(Br)c(CC(C)N)c1. The fourth-order valence-corrected chi connectivity index (χ4v) is 2.50. The lowest BCUT2D eigenvalue weighted by Gasteiger charge is -2.11. The largest absolute Gasteiger partial charge is 0.486 e. The molecule has 0 saturated heterocycles. The third kappa shape index (κ3) is 4.54. The highest BCUT2D eigenvalue weighted by Gasteiger charge is 2.08. The van der Waals surface area contributed by atoms with E-state index in [9.17, 15) is 0 Å². The second-order valence-corrected chi connectivity index (χ2v) is 5.98. The van der Waals surface area contributed by atoms with Gasteiger partial charge >= 0.3 is 0 Å². The summed E-state index contributed by atoms with van der Waals surface area (Å²) in [7, 11) is 0.